The molecule has 0 saturated heterocycles. The van der Waals surface area contributed by atoms with Gasteiger partial charge in [-0.25, -0.2) is 0 Å². The highest BCUT2D eigenvalue weighted by atomic mass is 15.1. The van der Waals surface area contributed by atoms with Gasteiger partial charge in [0.15, 0.2) is 0 Å². The molecular formula is C65H52N2. The van der Waals surface area contributed by atoms with Crippen molar-refractivity contribution < 1.29 is 0 Å². The van der Waals surface area contributed by atoms with E-state index in [-0.39, 0.29) is 5.41 Å². The lowest BCUT2D eigenvalue weighted by atomic mass is 9.78. The number of aromatic nitrogens is 1. The zero-order valence-corrected chi connectivity index (χ0v) is 38.4. The number of para-hydroxylation sites is 2. The highest BCUT2D eigenvalue weighted by Crippen LogP contribution is 2.51. The second kappa shape index (κ2) is 16.2. The zero-order valence-electron chi connectivity index (χ0n) is 38.4. The fraction of sp³-hybridized carbons (Fsp3) is 0.108. The third-order valence-electron chi connectivity index (χ3n) is 14.8. The summed E-state index contributed by atoms with van der Waals surface area (Å²) in [7, 11) is 0. The van der Waals surface area contributed by atoms with Crippen molar-refractivity contribution in [2.45, 2.75) is 45.4 Å². The van der Waals surface area contributed by atoms with Crippen molar-refractivity contribution >= 4 is 55.6 Å². The van der Waals surface area contributed by atoms with Gasteiger partial charge in [-0.15, -0.1) is 0 Å². The molecule has 0 atom stereocenters. The van der Waals surface area contributed by atoms with Crippen LogP contribution in [0.2, 0.25) is 0 Å². The Morgan fingerprint density at radius 1 is 0.597 bits per heavy atom. The number of nitrogens with one attached hydrogen (secondary N) is 1. The molecule has 0 bridgehead atoms. The Morgan fingerprint density at radius 3 is 2.01 bits per heavy atom. The van der Waals surface area contributed by atoms with Crippen molar-refractivity contribution in [2.24, 2.45) is 0 Å². The Morgan fingerprint density at radius 2 is 1.25 bits per heavy atom. The molecule has 3 aliphatic carbocycles. The van der Waals surface area contributed by atoms with Crippen molar-refractivity contribution in [1.29, 1.82) is 0 Å². The van der Waals surface area contributed by atoms with Crippen LogP contribution in [0.3, 0.4) is 0 Å². The lowest BCUT2D eigenvalue weighted by Crippen LogP contribution is -2.17. The molecule has 67 heavy (non-hydrogen) atoms. The Bertz CT molecular complexity index is 3570. The van der Waals surface area contributed by atoms with Gasteiger partial charge in [-0.2, -0.15) is 0 Å². The minimum absolute atomic E-state index is 0.0750. The minimum atomic E-state index is 0.0750. The van der Waals surface area contributed by atoms with Crippen LogP contribution in [0.1, 0.15) is 67.0 Å². The molecule has 2 nitrogen and oxygen atoms in total. The molecule has 0 unspecified atom stereocenters. The molecule has 0 spiro atoms. The van der Waals surface area contributed by atoms with Crippen LogP contribution < -0.4 is 4.90 Å². The molecule has 12 rings (SSSR count). The molecule has 0 aliphatic heterocycles. The van der Waals surface area contributed by atoms with Crippen LogP contribution in [0, 0.1) is 0 Å². The quantitative estimate of drug-likeness (QED) is 0.143. The summed E-state index contributed by atoms with van der Waals surface area (Å²) in [6.45, 7) is 11.2. The number of fused-ring (bicyclic) bond motifs is 8. The highest BCUT2D eigenvalue weighted by molar-refractivity contribution is 6.11. The summed E-state index contributed by atoms with van der Waals surface area (Å²) in [5, 5.41) is 2.46. The summed E-state index contributed by atoms with van der Waals surface area (Å²) in [6, 6.07) is 65.1. The molecule has 322 valence electrons. The standard InChI is InChI=1S/C65H52N2/c1-5-42(37-43(6-2)56-19-14-20-59-58-18-11-13-22-63(58)66-64(56)59)47-27-34-54-49(38-47)39-50-40-53(33-35-55(50)54)67(51-29-23-45(24-30-51)44-15-8-7-9-16-44)52-31-25-46(26-32-52)48-28-36-62-60(41-48)57-17-10-12-21-61(57)65(62,3)4/h5-11,13-20,22-38,40-41,66H,2,12,21,39H2,1,3-4H3/b42-5+,43-37+. The topological polar surface area (TPSA) is 19.0 Å². The molecular weight excluding hydrogens is 809 g/mol. The molecule has 9 aromatic rings. The van der Waals surface area contributed by atoms with E-state index in [1.165, 1.54) is 83.1 Å². The molecule has 8 aromatic carbocycles. The maximum absolute atomic E-state index is 4.28. The number of benzene rings is 8. The van der Waals surface area contributed by atoms with E-state index < -0.39 is 0 Å². The van der Waals surface area contributed by atoms with Crippen LogP contribution in [-0.2, 0) is 11.8 Å². The van der Waals surface area contributed by atoms with Crippen molar-refractivity contribution in [3.8, 4) is 33.4 Å². The molecule has 3 aliphatic rings. The normalized spacial score (nSPS) is 14.9. The number of H-pyrrole nitrogens is 1. The summed E-state index contributed by atoms with van der Waals surface area (Å²) in [6.07, 6.45) is 14.3. The van der Waals surface area contributed by atoms with Crippen molar-refractivity contribution in [3.05, 3.63) is 252 Å². The largest absolute Gasteiger partial charge is 0.354 e. The smallest absolute Gasteiger partial charge is 0.0544 e. The molecule has 1 N–H and O–H groups in total. The number of hydrogen-bond acceptors (Lipinski definition) is 1. The highest BCUT2D eigenvalue weighted by Gasteiger charge is 2.37. The number of hydrogen-bond donors (Lipinski definition) is 1. The maximum Gasteiger partial charge on any atom is 0.0544 e. The molecule has 2 heteroatoms. The number of rotatable bonds is 9. The van der Waals surface area contributed by atoms with Crippen LogP contribution >= 0.6 is 0 Å². The summed E-state index contributed by atoms with van der Waals surface area (Å²) in [5.41, 5.74) is 26.4. The van der Waals surface area contributed by atoms with Gasteiger partial charge >= 0.3 is 0 Å². The van der Waals surface area contributed by atoms with Gasteiger partial charge < -0.3 is 9.88 Å². The summed E-state index contributed by atoms with van der Waals surface area (Å²) >= 11 is 0. The van der Waals surface area contributed by atoms with Crippen molar-refractivity contribution in [2.75, 3.05) is 4.90 Å². The van der Waals surface area contributed by atoms with Gasteiger partial charge in [0.1, 0.15) is 0 Å². The van der Waals surface area contributed by atoms with Crippen LogP contribution in [0.5, 0.6) is 0 Å². The van der Waals surface area contributed by atoms with E-state index in [1.807, 2.05) is 6.08 Å². The molecule has 0 amide bonds. The average molecular weight is 861 g/mol. The summed E-state index contributed by atoms with van der Waals surface area (Å²) in [5.74, 6) is 0. The fourth-order valence-electron chi connectivity index (χ4n) is 11.3. The van der Waals surface area contributed by atoms with E-state index >= 15 is 0 Å². The van der Waals surface area contributed by atoms with Gasteiger partial charge in [0, 0.05) is 44.3 Å². The first-order valence-corrected chi connectivity index (χ1v) is 23.7. The minimum Gasteiger partial charge on any atom is -0.354 e. The first-order valence-electron chi connectivity index (χ1n) is 23.7. The van der Waals surface area contributed by atoms with E-state index in [0.29, 0.717) is 0 Å². The van der Waals surface area contributed by atoms with E-state index in [0.717, 1.165) is 58.5 Å². The summed E-state index contributed by atoms with van der Waals surface area (Å²) in [4.78, 5) is 6.10. The van der Waals surface area contributed by atoms with E-state index in [4.69, 9.17) is 0 Å². The van der Waals surface area contributed by atoms with Gasteiger partial charge in [0.05, 0.1) is 5.52 Å². The lowest BCUT2D eigenvalue weighted by molar-refractivity contribution is 0.607. The molecule has 1 aromatic heterocycles. The fourth-order valence-corrected chi connectivity index (χ4v) is 11.3. The van der Waals surface area contributed by atoms with Crippen LogP contribution in [0.25, 0.3) is 71.9 Å². The van der Waals surface area contributed by atoms with E-state index in [9.17, 15) is 0 Å². The van der Waals surface area contributed by atoms with E-state index in [2.05, 4.69) is 237 Å². The molecule has 0 radical (unpaired) electrons. The summed E-state index contributed by atoms with van der Waals surface area (Å²) < 4.78 is 0. The van der Waals surface area contributed by atoms with E-state index in [1.54, 1.807) is 5.57 Å². The Labute approximate surface area is 394 Å². The third kappa shape index (κ3) is 6.86. The predicted molar refractivity (Wildman–Crippen MR) is 286 cm³/mol. The molecule has 0 saturated carbocycles. The SMILES string of the molecule is C=C/C(=C\C(=C/C)c1ccc2c(c1)Cc1cc(N(c3ccc(-c4ccccc4)cc3)c3ccc(-c4ccc5c(c4)C4=C(CCC=C4)C5(C)C)cc3)ccc1-2)c1cccc2c1[nH]c1ccccc12. The Balaban J connectivity index is 0.873. The van der Waals surface area contributed by atoms with Gasteiger partial charge in [-0.3, -0.25) is 0 Å². The van der Waals surface area contributed by atoms with Crippen molar-refractivity contribution in [3.63, 3.8) is 0 Å². The monoisotopic (exact) mass is 860 g/mol. The van der Waals surface area contributed by atoms with Crippen LogP contribution in [-0.4, -0.2) is 4.98 Å². The van der Waals surface area contributed by atoms with Gasteiger partial charge in [0.2, 0.25) is 0 Å². The Kier molecular flexibility index (Phi) is 9.80. The Hall–Kier alpha value is -7.94. The first kappa shape index (κ1) is 40.6. The van der Waals surface area contributed by atoms with Gasteiger partial charge in [-0.05, 0) is 159 Å². The zero-order chi connectivity index (χ0) is 45.2. The molecule has 1 heterocycles. The number of anilines is 3. The van der Waals surface area contributed by atoms with Crippen molar-refractivity contribution in [1.82, 2.24) is 4.98 Å². The average Bonchev–Trinajstić information content (AvgIpc) is 4.02. The molecule has 0 fully saturated rings. The van der Waals surface area contributed by atoms with Gasteiger partial charge in [0.25, 0.3) is 0 Å². The second-order valence-corrected chi connectivity index (χ2v) is 18.9. The number of nitrogens with zero attached hydrogens (tertiary/aromatic N) is 1. The van der Waals surface area contributed by atoms with Crippen LogP contribution in [0.15, 0.2) is 218 Å². The predicted octanol–water partition coefficient (Wildman–Crippen LogP) is 17.8. The number of aromatic amines is 1. The lowest BCUT2D eigenvalue weighted by Gasteiger charge is -2.27. The van der Waals surface area contributed by atoms with Gasteiger partial charge in [-0.1, -0.05) is 178 Å². The third-order valence-corrected chi connectivity index (χ3v) is 14.8. The first-order chi connectivity index (χ1) is 32.9. The maximum atomic E-state index is 4.28. The van der Waals surface area contributed by atoms with Crippen LogP contribution in [0.4, 0.5) is 17.1 Å². The second-order valence-electron chi connectivity index (χ2n) is 18.9. The number of allylic oxidation sites excluding steroid dienone is 9.